The van der Waals surface area contributed by atoms with Gasteiger partial charge >= 0.3 is 0 Å². The van der Waals surface area contributed by atoms with E-state index in [4.69, 9.17) is 0 Å². The van der Waals surface area contributed by atoms with Crippen LogP contribution in [0.1, 0.15) is 151 Å². The zero-order valence-electron chi connectivity index (χ0n) is 25.7. The lowest BCUT2D eigenvalue weighted by Gasteiger charge is -2.29. The van der Waals surface area contributed by atoms with E-state index in [0.29, 0.717) is 0 Å². The minimum Gasteiger partial charge on any atom is -0.0654 e. The van der Waals surface area contributed by atoms with Crippen molar-refractivity contribution in [2.75, 3.05) is 0 Å². The van der Waals surface area contributed by atoms with Crippen molar-refractivity contribution in [3.8, 4) is 11.8 Å². The molecule has 1 aliphatic rings. The maximum Gasteiger partial charge on any atom is 0.0255 e. The van der Waals surface area contributed by atoms with Gasteiger partial charge in [-0.15, -0.1) is 0 Å². The van der Waals surface area contributed by atoms with E-state index in [0.717, 1.165) is 23.0 Å². The molecule has 0 heterocycles. The molecule has 0 bridgehead atoms. The fraction of sp³-hybridized carbons (Fsp3) is 0.550. The quantitative estimate of drug-likeness (QED) is 0.134. The normalized spacial score (nSPS) is 17.1. The molecule has 4 rings (SSSR count). The van der Waals surface area contributed by atoms with Gasteiger partial charge in [-0.3, -0.25) is 0 Å². The van der Waals surface area contributed by atoms with Crippen LogP contribution in [0.15, 0.2) is 60.7 Å². The number of fused-ring (bicyclic) bond motifs is 1. The first-order chi connectivity index (χ1) is 19.7. The number of aryl methyl sites for hydroxylation is 1. The predicted molar refractivity (Wildman–Crippen MR) is 176 cm³/mol. The summed E-state index contributed by atoms with van der Waals surface area (Å²) >= 11 is 0. The Morgan fingerprint density at radius 3 is 1.85 bits per heavy atom. The van der Waals surface area contributed by atoms with Crippen molar-refractivity contribution in [3.63, 3.8) is 0 Å². The molecule has 0 atom stereocenters. The van der Waals surface area contributed by atoms with Crippen molar-refractivity contribution in [2.24, 2.45) is 5.92 Å². The molecule has 1 fully saturated rings. The van der Waals surface area contributed by atoms with E-state index >= 15 is 0 Å². The second kappa shape index (κ2) is 17.3. The van der Waals surface area contributed by atoms with Crippen LogP contribution < -0.4 is 0 Å². The Labute approximate surface area is 246 Å². The number of unbranched alkanes of at least 4 members (excludes halogenated alkanes) is 10. The van der Waals surface area contributed by atoms with E-state index < -0.39 is 0 Å². The van der Waals surface area contributed by atoms with Crippen LogP contribution in [-0.4, -0.2) is 0 Å². The lowest BCUT2D eigenvalue weighted by molar-refractivity contribution is 0.302. The molecule has 1 saturated carbocycles. The van der Waals surface area contributed by atoms with Crippen LogP contribution in [0.4, 0.5) is 0 Å². The number of rotatable bonds is 15. The monoisotopic (exact) mass is 534 g/mol. The van der Waals surface area contributed by atoms with Gasteiger partial charge in [0.1, 0.15) is 0 Å². The summed E-state index contributed by atoms with van der Waals surface area (Å²) in [6.07, 6.45) is 24.9. The lowest BCUT2D eigenvalue weighted by Crippen LogP contribution is -2.13. The van der Waals surface area contributed by atoms with E-state index in [-0.39, 0.29) is 0 Å². The molecule has 0 heteroatoms. The van der Waals surface area contributed by atoms with Gasteiger partial charge in [0.15, 0.2) is 0 Å². The smallest absolute Gasteiger partial charge is 0.0255 e. The van der Waals surface area contributed by atoms with Gasteiger partial charge in [0, 0.05) is 11.1 Å². The summed E-state index contributed by atoms with van der Waals surface area (Å²) < 4.78 is 0. The van der Waals surface area contributed by atoms with Gasteiger partial charge in [0.25, 0.3) is 0 Å². The molecule has 3 aromatic rings. The molecule has 0 aromatic heterocycles. The molecule has 1 aliphatic carbocycles. The van der Waals surface area contributed by atoms with E-state index in [9.17, 15) is 0 Å². The fourth-order valence-electron chi connectivity index (χ4n) is 6.62. The summed E-state index contributed by atoms with van der Waals surface area (Å²) in [7, 11) is 0. The van der Waals surface area contributed by atoms with Gasteiger partial charge in [-0.25, -0.2) is 0 Å². The molecular weight excluding hydrogens is 480 g/mol. The van der Waals surface area contributed by atoms with Crippen molar-refractivity contribution >= 4 is 10.8 Å². The minimum atomic E-state index is 0.744. The summed E-state index contributed by atoms with van der Waals surface area (Å²) in [5.74, 6) is 8.55. The van der Waals surface area contributed by atoms with Crippen molar-refractivity contribution in [3.05, 3.63) is 82.9 Å². The van der Waals surface area contributed by atoms with Gasteiger partial charge in [0.2, 0.25) is 0 Å². The predicted octanol–water partition coefficient (Wildman–Crippen LogP) is 12.2. The molecule has 0 N–H and O–H groups in total. The Morgan fingerprint density at radius 2 is 1.12 bits per heavy atom. The Morgan fingerprint density at radius 1 is 0.550 bits per heavy atom. The average molecular weight is 535 g/mol. The lowest BCUT2D eigenvalue weighted by atomic mass is 9.77. The second-order valence-electron chi connectivity index (χ2n) is 12.6. The van der Waals surface area contributed by atoms with Crippen molar-refractivity contribution in [1.82, 2.24) is 0 Å². The molecular formula is C40H54. The Bertz CT molecular complexity index is 1180. The van der Waals surface area contributed by atoms with Crippen LogP contribution in [0.5, 0.6) is 0 Å². The third-order valence-corrected chi connectivity index (χ3v) is 9.27. The van der Waals surface area contributed by atoms with Crippen LogP contribution in [0.25, 0.3) is 10.8 Å². The standard InChI is InChI=1S/C40H54/c1-3-5-7-9-10-12-13-15-33-19-25-37(26-20-33)38-27-21-34(22-28-38)17-18-36-24-30-39-31-35(23-29-40(39)32-36)16-14-11-8-6-4-2/h21-24,27-33,37H,3-16,19-20,25-26H2,1-2H3. The molecule has 40 heavy (non-hydrogen) atoms. The maximum atomic E-state index is 3.41. The molecule has 0 radical (unpaired) electrons. The number of benzene rings is 3. The van der Waals surface area contributed by atoms with Gasteiger partial charge < -0.3 is 0 Å². The first-order valence-electron chi connectivity index (χ1n) is 16.9. The molecule has 0 amide bonds. The molecule has 0 spiro atoms. The number of hydrogen-bond donors (Lipinski definition) is 0. The molecule has 0 aliphatic heterocycles. The second-order valence-corrected chi connectivity index (χ2v) is 12.6. The third kappa shape index (κ3) is 10.1. The highest BCUT2D eigenvalue weighted by atomic mass is 14.3. The highest BCUT2D eigenvalue weighted by molar-refractivity contribution is 5.84. The van der Waals surface area contributed by atoms with Gasteiger partial charge in [0.05, 0.1) is 0 Å². The molecule has 0 saturated heterocycles. The maximum absolute atomic E-state index is 3.41. The van der Waals surface area contributed by atoms with E-state index in [1.807, 2.05) is 0 Å². The van der Waals surface area contributed by atoms with Crippen LogP contribution in [0.2, 0.25) is 0 Å². The highest BCUT2D eigenvalue weighted by Crippen LogP contribution is 2.37. The summed E-state index contributed by atoms with van der Waals surface area (Å²) in [6, 6.07) is 22.8. The van der Waals surface area contributed by atoms with Crippen molar-refractivity contribution in [2.45, 2.75) is 135 Å². The average Bonchev–Trinajstić information content (AvgIpc) is 3.00. The third-order valence-electron chi connectivity index (χ3n) is 9.27. The Balaban J connectivity index is 1.21. The minimum absolute atomic E-state index is 0.744. The zero-order valence-corrected chi connectivity index (χ0v) is 25.7. The topological polar surface area (TPSA) is 0 Å². The molecule has 3 aromatic carbocycles. The van der Waals surface area contributed by atoms with Crippen LogP contribution in [0, 0.1) is 17.8 Å². The van der Waals surface area contributed by atoms with E-state index in [1.54, 1.807) is 0 Å². The number of hydrogen-bond acceptors (Lipinski definition) is 0. The zero-order chi connectivity index (χ0) is 27.8. The summed E-state index contributed by atoms with van der Waals surface area (Å²) in [4.78, 5) is 0. The first kappa shape index (κ1) is 30.4. The van der Waals surface area contributed by atoms with Gasteiger partial charge in [-0.1, -0.05) is 139 Å². The fourth-order valence-corrected chi connectivity index (χ4v) is 6.62. The molecule has 214 valence electrons. The molecule has 0 unspecified atom stereocenters. The Hall–Kier alpha value is -2.52. The first-order valence-corrected chi connectivity index (χ1v) is 16.9. The highest BCUT2D eigenvalue weighted by Gasteiger charge is 2.21. The van der Waals surface area contributed by atoms with E-state index in [1.165, 1.54) is 137 Å². The van der Waals surface area contributed by atoms with Crippen LogP contribution in [-0.2, 0) is 6.42 Å². The molecule has 0 nitrogen and oxygen atoms in total. The largest absolute Gasteiger partial charge is 0.0654 e. The van der Waals surface area contributed by atoms with Crippen molar-refractivity contribution in [1.29, 1.82) is 0 Å². The van der Waals surface area contributed by atoms with E-state index in [2.05, 4.69) is 86.4 Å². The van der Waals surface area contributed by atoms with Crippen LogP contribution >= 0.6 is 0 Å². The Kier molecular flexibility index (Phi) is 13.2. The van der Waals surface area contributed by atoms with Crippen LogP contribution in [0.3, 0.4) is 0 Å². The summed E-state index contributed by atoms with van der Waals surface area (Å²) in [5.41, 5.74) is 5.20. The summed E-state index contributed by atoms with van der Waals surface area (Å²) in [6.45, 7) is 4.58. The van der Waals surface area contributed by atoms with Crippen molar-refractivity contribution < 1.29 is 0 Å². The SMILES string of the molecule is CCCCCCCCCC1CCC(c2ccc(C#Cc3ccc4cc(CCCCCCC)ccc4c3)cc2)CC1. The van der Waals surface area contributed by atoms with Gasteiger partial charge in [-0.2, -0.15) is 0 Å². The summed E-state index contributed by atoms with van der Waals surface area (Å²) in [5, 5.41) is 2.62. The van der Waals surface area contributed by atoms with Gasteiger partial charge in [-0.05, 0) is 96.5 Å².